The summed E-state index contributed by atoms with van der Waals surface area (Å²) in [6.45, 7) is 4.50. The Labute approximate surface area is 89.3 Å². The van der Waals surface area contributed by atoms with Crippen LogP contribution in [0.4, 0.5) is 5.13 Å². The molecule has 14 heavy (non-hydrogen) atoms. The maximum atomic E-state index is 4.56. The summed E-state index contributed by atoms with van der Waals surface area (Å²) >= 11 is 1.56. The minimum atomic E-state index is 1.02. The highest BCUT2D eigenvalue weighted by molar-refractivity contribution is 7.09. The molecule has 0 bridgehead atoms. The predicted octanol–water partition coefficient (Wildman–Crippen LogP) is 2.48. The zero-order chi connectivity index (χ0) is 9.80. The van der Waals surface area contributed by atoms with Crippen molar-refractivity contribution in [3.63, 3.8) is 0 Å². The lowest BCUT2D eigenvalue weighted by atomic mass is 10.1. The summed E-state index contributed by atoms with van der Waals surface area (Å²) in [4.78, 5) is 6.93. The van der Waals surface area contributed by atoms with Gasteiger partial charge in [-0.3, -0.25) is 0 Å². The van der Waals surface area contributed by atoms with Crippen LogP contribution in [0.15, 0.2) is 0 Å². The van der Waals surface area contributed by atoms with E-state index in [0.717, 1.165) is 23.8 Å². The standard InChI is InChI=1S/C10H17N3S/c1-2-6-9-11-10(14-12-9)13-7-4-3-5-8-13/h2-8H2,1H3. The van der Waals surface area contributed by atoms with Crippen molar-refractivity contribution in [2.75, 3.05) is 18.0 Å². The second-order valence-corrected chi connectivity index (χ2v) is 4.52. The molecular formula is C10H17N3S. The van der Waals surface area contributed by atoms with Crippen LogP contribution in [0.1, 0.15) is 38.4 Å². The highest BCUT2D eigenvalue weighted by atomic mass is 32.1. The molecule has 1 aliphatic rings. The molecule has 78 valence electrons. The van der Waals surface area contributed by atoms with Gasteiger partial charge in [-0.1, -0.05) is 6.92 Å². The molecule has 0 amide bonds. The zero-order valence-corrected chi connectivity index (χ0v) is 9.52. The van der Waals surface area contributed by atoms with Gasteiger partial charge in [0, 0.05) is 31.0 Å². The van der Waals surface area contributed by atoms with Crippen LogP contribution in [0.25, 0.3) is 0 Å². The largest absolute Gasteiger partial charge is 0.347 e. The molecule has 0 atom stereocenters. The molecule has 0 aliphatic carbocycles. The second-order valence-electron chi connectivity index (χ2n) is 3.79. The summed E-state index contributed by atoms with van der Waals surface area (Å²) in [6.07, 6.45) is 6.14. The zero-order valence-electron chi connectivity index (χ0n) is 8.70. The molecule has 0 N–H and O–H groups in total. The van der Waals surface area contributed by atoms with Crippen molar-refractivity contribution in [1.29, 1.82) is 0 Å². The average Bonchev–Trinajstić information content (AvgIpc) is 2.68. The SMILES string of the molecule is CCCc1nsc(N2CCCCC2)n1. The molecular weight excluding hydrogens is 194 g/mol. The summed E-state index contributed by atoms with van der Waals surface area (Å²) in [5, 5.41) is 1.13. The molecule has 0 spiro atoms. The van der Waals surface area contributed by atoms with Crippen molar-refractivity contribution in [2.45, 2.75) is 39.0 Å². The van der Waals surface area contributed by atoms with Crippen LogP contribution < -0.4 is 4.90 Å². The van der Waals surface area contributed by atoms with Gasteiger partial charge in [0.15, 0.2) is 0 Å². The van der Waals surface area contributed by atoms with Crippen molar-refractivity contribution in [1.82, 2.24) is 9.36 Å². The van der Waals surface area contributed by atoms with Crippen molar-refractivity contribution < 1.29 is 0 Å². The fourth-order valence-electron chi connectivity index (χ4n) is 1.78. The topological polar surface area (TPSA) is 29.0 Å². The predicted molar refractivity (Wildman–Crippen MR) is 60.0 cm³/mol. The van der Waals surface area contributed by atoms with E-state index in [1.54, 1.807) is 11.5 Å². The summed E-state index contributed by atoms with van der Waals surface area (Å²) in [6, 6.07) is 0. The minimum Gasteiger partial charge on any atom is -0.347 e. The van der Waals surface area contributed by atoms with Gasteiger partial charge in [-0.25, -0.2) is 4.98 Å². The van der Waals surface area contributed by atoms with Crippen molar-refractivity contribution in [2.24, 2.45) is 0 Å². The smallest absolute Gasteiger partial charge is 0.205 e. The van der Waals surface area contributed by atoms with Crippen LogP contribution in [-0.4, -0.2) is 22.4 Å². The van der Waals surface area contributed by atoms with Crippen LogP contribution in [0.5, 0.6) is 0 Å². The average molecular weight is 211 g/mol. The van der Waals surface area contributed by atoms with Crippen molar-refractivity contribution in [3.8, 4) is 0 Å². The van der Waals surface area contributed by atoms with E-state index < -0.39 is 0 Å². The maximum absolute atomic E-state index is 4.56. The fraction of sp³-hybridized carbons (Fsp3) is 0.800. The Morgan fingerprint density at radius 1 is 1.29 bits per heavy atom. The van der Waals surface area contributed by atoms with Gasteiger partial charge < -0.3 is 4.90 Å². The van der Waals surface area contributed by atoms with E-state index >= 15 is 0 Å². The maximum Gasteiger partial charge on any atom is 0.205 e. The van der Waals surface area contributed by atoms with E-state index in [2.05, 4.69) is 21.2 Å². The number of nitrogens with zero attached hydrogens (tertiary/aromatic N) is 3. The van der Waals surface area contributed by atoms with Crippen LogP contribution >= 0.6 is 11.5 Å². The molecule has 1 aliphatic heterocycles. The Kier molecular flexibility index (Phi) is 3.35. The highest BCUT2D eigenvalue weighted by Crippen LogP contribution is 2.21. The Morgan fingerprint density at radius 3 is 2.79 bits per heavy atom. The summed E-state index contributed by atoms with van der Waals surface area (Å²) < 4.78 is 4.37. The van der Waals surface area contributed by atoms with E-state index in [4.69, 9.17) is 0 Å². The van der Waals surface area contributed by atoms with Gasteiger partial charge in [0.25, 0.3) is 0 Å². The Hall–Kier alpha value is -0.640. The number of aromatic nitrogens is 2. The number of hydrogen-bond acceptors (Lipinski definition) is 4. The Balaban J connectivity index is 2.00. The lowest BCUT2D eigenvalue weighted by molar-refractivity contribution is 0.576. The Morgan fingerprint density at radius 2 is 2.07 bits per heavy atom. The lowest BCUT2D eigenvalue weighted by Crippen LogP contribution is -2.29. The van der Waals surface area contributed by atoms with Gasteiger partial charge in [0.05, 0.1) is 0 Å². The van der Waals surface area contributed by atoms with E-state index in [1.807, 2.05) is 0 Å². The first-order chi connectivity index (χ1) is 6.90. The highest BCUT2D eigenvalue weighted by Gasteiger charge is 2.14. The number of hydrogen-bond donors (Lipinski definition) is 0. The first-order valence-corrected chi connectivity index (χ1v) is 6.25. The molecule has 1 fully saturated rings. The van der Waals surface area contributed by atoms with Crippen molar-refractivity contribution >= 4 is 16.7 Å². The second kappa shape index (κ2) is 4.73. The van der Waals surface area contributed by atoms with Crippen LogP contribution in [0, 0.1) is 0 Å². The third-order valence-corrected chi connectivity index (χ3v) is 3.37. The van der Waals surface area contributed by atoms with Gasteiger partial charge in [0.2, 0.25) is 5.13 Å². The molecule has 2 heterocycles. The van der Waals surface area contributed by atoms with Crippen molar-refractivity contribution in [3.05, 3.63) is 5.82 Å². The van der Waals surface area contributed by atoms with Gasteiger partial charge in [-0.2, -0.15) is 4.37 Å². The van der Waals surface area contributed by atoms with Gasteiger partial charge in [-0.15, -0.1) is 0 Å². The first-order valence-electron chi connectivity index (χ1n) is 5.47. The van der Waals surface area contributed by atoms with E-state index in [0.29, 0.717) is 0 Å². The molecule has 2 rings (SSSR count). The quantitative estimate of drug-likeness (QED) is 0.769. The summed E-state index contributed by atoms with van der Waals surface area (Å²) in [7, 11) is 0. The van der Waals surface area contributed by atoms with E-state index in [-0.39, 0.29) is 0 Å². The molecule has 0 aromatic carbocycles. The fourth-order valence-corrected chi connectivity index (χ4v) is 2.55. The van der Waals surface area contributed by atoms with Gasteiger partial charge in [-0.05, 0) is 25.7 Å². The Bertz CT molecular complexity index is 279. The summed E-state index contributed by atoms with van der Waals surface area (Å²) in [5.74, 6) is 1.03. The first kappa shape index (κ1) is 9.90. The van der Waals surface area contributed by atoms with Crippen LogP contribution in [0.3, 0.4) is 0 Å². The molecule has 1 aromatic heterocycles. The third kappa shape index (κ3) is 2.23. The monoisotopic (exact) mass is 211 g/mol. The number of aryl methyl sites for hydroxylation is 1. The van der Waals surface area contributed by atoms with E-state index in [9.17, 15) is 0 Å². The molecule has 3 nitrogen and oxygen atoms in total. The molecule has 4 heteroatoms. The molecule has 0 unspecified atom stereocenters. The summed E-state index contributed by atoms with van der Waals surface area (Å²) in [5.41, 5.74) is 0. The molecule has 1 aromatic rings. The number of anilines is 1. The number of piperidine rings is 1. The third-order valence-electron chi connectivity index (χ3n) is 2.56. The molecule has 1 saturated heterocycles. The molecule has 0 radical (unpaired) electrons. The lowest BCUT2D eigenvalue weighted by Gasteiger charge is -2.25. The number of rotatable bonds is 3. The van der Waals surface area contributed by atoms with Crippen LogP contribution in [0.2, 0.25) is 0 Å². The van der Waals surface area contributed by atoms with E-state index in [1.165, 1.54) is 32.4 Å². The van der Waals surface area contributed by atoms with Gasteiger partial charge in [0.1, 0.15) is 5.82 Å². The minimum absolute atomic E-state index is 1.02. The van der Waals surface area contributed by atoms with Gasteiger partial charge >= 0.3 is 0 Å². The molecule has 0 saturated carbocycles. The normalized spacial score (nSPS) is 17.4. The van der Waals surface area contributed by atoms with Crippen LogP contribution in [-0.2, 0) is 6.42 Å².